The molecule has 3 N–H and O–H groups in total. The van der Waals surface area contributed by atoms with E-state index < -0.39 is 0 Å². The summed E-state index contributed by atoms with van der Waals surface area (Å²) < 4.78 is 5.24. The highest BCUT2D eigenvalue weighted by molar-refractivity contribution is 5.93. The Balaban J connectivity index is 1.66. The normalized spacial score (nSPS) is 29.9. The number of fused-ring (bicyclic) bond motifs is 2. The largest absolute Gasteiger partial charge is 0.479 e. The molecule has 0 saturated heterocycles. The van der Waals surface area contributed by atoms with Gasteiger partial charge in [-0.1, -0.05) is 6.07 Å². The van der Waals surface area contributed by atoms with Crippen LogP contribution in [0.3, 0.4) is 0 Å². The number of benzene rings is 1. The molecule has 2 aliphatic carbocycles. The minimum atomic E-state index is -0.0765. The molecule has 4 unspecified atom stereocenters. The number of nitrogens with zero attached hydrogens (tertiary/aromatic N) is 1. The molecule has 0 spiro atoms. The SMILES string of the molecule is N#CCOc1cccc(NC(=O)C2C3CCC(C3)C2N)c1. The molecule has 0 aliphatic heterocycles. The van der Waals surface area contributed by atoms with Crippen molar-refractivity contribution in [1.29, 1.82) is 5.26 Å². The first-order chi connectivity index (χ1) is 10.2. The Morgan fingerprint density at radius 2 is 2.24 bits per heavy atom. The van der Waals surface area contributed by atoms with Crippen molar-refractivity contribution in [2.24, 2.45) is 23.5 Å². The van der Waals surface area contributed by atoms with Gasteiger partial charge in [0.1, 0.15) is 11.8 Å². The molecule has 0 heterocycles. The highest BCUT2D eigenvalue weighted by atomic mass is 16.5. The maximum Gasteiger partial charge on any atom is 0.229 e. The van der Waals surface area contributed by atoms with Crippen molar-refractivity contribution in [3.8, 4) is 11.8 Å². The third-order valence-corrected chi connectivity index (χ3v) is 4.69. The fourth-order valence-electron chi connectivity index (χ4n) is 3.73. The second kappa shape index (κ2) is 5.74. The quantitative estimate of drug-likeness (QED) is 0.884. The number of amides is 1. The van der Waals surface area contributed by atoms with E-state index in [1.807, 2.05) is 12.1 Å². The minimum absolute atomic E-state index is 0.00530. The summed E-state index contributed by atoms with van der Waals surface area (Å²) in [4.78, 5) is 12.5. The Morgan fingerprint density at radius 3 is 2.95 bits per heavy atom. The average molecular weight is 285 g/mol. The number of ether oxygens (including phenoxy) is 1. The van der Waals surface area contributed by atoms with E-state index in [9.17, 15) is 4.79 Å². The highest BCUT2D eigenvalue weighted by Crippen LogP contribution is 2.47. The Bertz CT molecular complexity index is 579. The number of hydrogen-bond acceptors (Lipinski definition) is 4. The average Bonchev–Trinajstić information content (AvgIpc) is 3.06. The molecule has 0 radical (unpaired) electrons. The van der Waals surface area contributed by atoms with Crippen LogP contribution in [0.15, 0.2) is 24.3 Å². The van der Waals surface area contributed by atoms with E-state index in [1.165, 1.54) is 0 Å². The van der Waals surface area contributed by atoms with E-state index in [0.717, 1.165) is 19.3 Å². The van der Waals surface area contributed by atoms with Gasteiger partial charge in [-0.3, -0.25) is 4.79 Å². The van der Waals surface area contributed by atoms with Crippen LogP contribution in [0.5, 0.6) is 5.75 Å². The number of anilines is 1. The summed E-state index contributed by atoms with van der Waals surface area (Å²) >= 11 is 0. The van der Waals surface area contributed by atoms with Crippen molar-refractivity contribution in [2.45, 2.75) is 25.3 Å². The van der Waals surface area contributed by atoms with Crippen LogP contribution in [0.25, 0.3) is 0 Å². The van der Waals surface area contributed by atoms with Crippen LogP contribution in [0.1, 0.15) is 19.3 Å². The summed E-state index contributed by atoms with van der Waals surface area (Å²) in [6.07, 6.45) is 3.36. The standard InChI is InChI=1S/C16H19N3O2/c17-6-7-21-13-3-1-2-12(9-13)19-16(20)14-10-4-5-11(8-10)15(14)18/h1-3,9-11,14-15H,4-5,7-8,18H2,(H,19,20). The number of rotatable bonds is 4. The zero-order valence-corrected chi connectivity index (χ0v) is 11.8. The van der Waals surface area contributed by atoms with Crippen LogP contribution in [0.4, 0.5) is 5.69 Å². The second-order valence-corrected chi connectivity index (χ2v) is 5.90. The van der Waals surface area contributed by atoms with Crippen molar-refractivity contribution < 1.29 is 9.53 Å². The summed E-state index contributed by atoms with van der Waals surface area (Å²) in [7, 11) is 0. The zero-order valence-electron chi connectivity index (χ0n) is 11.8. The fourth-order valence-corrected chi connectivity index (χ4v) is 3.73. The van der Waals surface area contributed by atoms with E-state index >= 15 is 0 Å². The molecule has 2 aliphatic rings. The first-order valence-corrected chi connectivity index (χ1v) is 7.35. The maximum absolute atomic E-state index is 12.5. The van der Waals surface area contributed by atoms with Gasteiger partial charge in [0.25, 0.3) is 0 Å². The van der Waals surface area contributed by atoms with Gasteiger partial charge in [-0.15, -0.1) is 0 Å². The predicted octanol–water partition coefficient (Wildman–Crippen LogP) is 1.90. The lowest BCUT2D eigenvalue weighted by Crippen LogP contribution is -2.42. The van der Waals surface area contributed by atoms with Gasteiger partial charge in [-0.05, 0) is 43.2 Å². The molecule has 2 saturated carbocycles. The number of carbonyl (C=O) groups excluding carboxylic acids is 1. The molecule has 1 aromatic rings. The number of hydrogen-bond donors (Lipinski definition) is 2. The molecule has 1 amide bonds. The Morgan fingerprint density at radius 1 is 1.43 bits per heavy atom. The molecule has 0 aromatic heterocycles. The number of carbonyl (C=O) groups is 1. The van der Waals surface area contributed by atoms with Gasteiger partial charge in [0.2, 0.25) is 5.91 Å². The van der Waals surface area contributed by atoms with Crippen LogP contribution in [0, 0.1) is 29.1 Å². The Kier molecular flexibility index (Phi) is 3.80. The molecule has 110 valence electrons. The Hall–Kier alpha value is -2.06. The van der Waals surface area contributed by atoms with Crippen LogP contribution in [-0.2, 0) is 4.79 Å². The first-order valence-electron chi connectivity index (χ1n) is 7.35. The van der Waals surface area contributed by atoms with Gasteiger partial charge in [-0.2, -0.15) is 5.26 Å². The molecular weight excluding hydrogens is 266 g/mol. The lowest BCUT2D eigenvalue weighted by atomic mass is 9.84. The Labute approximate surface area is 124 Å². The molecule has 5 nitrogen and oxygen atoms in total. The summed E-state index contributed by atoms with van der Waals surface area (Å²) in [6, 6.07) is 9.01. The highest BCUT2D eigenvalue weighted by Gasteiger charge is 2.49. The first kappa shape index (κ1) is 13.9. The molecule has 2 bridgehead atoms. The van der Waals surface area contributed by atoms with E-state index in [1.54, 1.807) is 18.2 Å². The molecule has 2 fully saturated rings. The molecule has 1 aromatic carbocycles. The summed E-state index contributed by atoms with van der Waals surface area (Å²) in [5, 5.41) is 11.5. The lowest BCUT2D eigenvalue weighted by Gasteiger charge is -2.27. The van der Waals surface area contributed by atoms with Gasteiger partial charge >= 0.3 is 0 Å². The molecule has 4 atom stereocenters. The predicted molar refractivity (Wildman–Crippen MR) is 78.5 cm³/mol. The van der Waals surface area contributed by atoms with Crippen molar-refractivity contribution in [3.05, 3.63) is 24.3 Å². The molecule has 3 rings (SSSR count). The van der Waals surface area contributed by atoms with Crippen LogP contribution < -0.4 is 15.8 Å². The van der Waals surface area contributed by atoms with Gasteiger partial charge < -0.3 is 15.8 Å². The number of nitriles is 1. The monoisotopic (exact) mass is 285 g/mol. The second-order valence-electron chi connectivity index (χ2n) is 5.90. The minimum Gasteiger partial charge on any atom is -0.479 e. The maximum atomic E-state index is 12.5. The molecule has 21 heavy (non-hydrogen) atoms. The van der Waals surface area contributed by atoms with Crippen molar-refractivity contribution in [2.75, 3.05) is 11.9 Å². The topological polar surface area (TPSA) is 88.1 Å². The van der Waals surface area contributed by atoms with Gasteiger partial charge in [0, 0.05) is 17.8 Å². The van der Waals surface area contributed by atoms with Crippen LogP contribution in [-0.4, -0.2) is 18.6 Å². The van der Waals surface area contributed by atoms with E-state index in [-0.39, 0.29) is 24.5 Å². The molecular formula is C16H19N3O2. The molecule has 5 heteroatoms. The van der Waals surface area contributed by atoms with E-state index in [2.05, 4.69) is 5.32 Å². The fraction of sp³-hybridized carbons (Fsp3) is 0.500. The van der Waals surface area contributed by atoms with Crippen LogP contribution in [0.2, 0.25) is 0 Å². The van der Waals surface area contributed by atoms with Crippen molar-refractivity contribution in [1.82, 2.24) is 0 Å². The van der Waals surface area contributed by atoms with E-state index in [0.29, 0.717) is 23.3 Å². The summed E-state index contributed by atoms with van der Waals surface area (Å²) in [5.74, 6) is 1.45. The van der Waals surface area contributed by atoms with E-state index in [4.69, 9.17) is 15.7 Å². The lowest BCUT2D eigenvalue weighted by molar-refractivity contribution is -0.121. The van der Waals surface area contributed by atoms with Crippen LogP contribution >= 0.6 is 0 Å². The number of nitrogens with two attached hydrogens (primary N) is 1. The number of nitrogens with one attached hydrogen (secondary N) is 1. The van der Waals surface area contributed by atoms with Gasteiger partial charge in [0.15, 0.2) is 6.61 Å². The third-order valence-electron chi connectivity index (χ3n) is 4.69. The van der Waals surface area contributed by atoms with Crippen molar-refractivity contribution >= 4 is 11.6 Å². The smallest absolute Gasteiger partial charge is 0.229 e. The van der Waals surface area contributed by atoms with Gasteiger partial charge in [-0.25, -0.2) is 0 Å². The summed E-state index contributed by atoms with van der Waals surface area (Å²) in [5.41, 5.74) is 6.88. The van der Waals surface area contributed by atoms with Gasteiger partial charge in [0.05, 0.1) is 5.92 Å². The summed E-state index contributed by atoms with van der Waals surface area (Å²) in [6.45, 7) is -0.00530. The third kappa shape index (κ3) is 2.72. The zero-order chi connectivity index (χ0) is 14.8. The van der Waals surface area contributed by atoms with Crippen molar-refractivity contribution in [3.63, 3.8) is 0 Å².